The first kappa shape index (κ1) is 18.6. The number of carbonyl (C=O) groups excluding carboxylic acids is 2. The Hall–Kier alpha value is -0.400. The summed E-state index contributed by atoms with van der Waals surface area (Å²) in [4.78, 5) is 22.1. The van der Waals surface area contributed by atoms with E-state index in [0.717, 1.165) is 31.0 Å². The molecule has 7 heteroatoms. The number of nitrogens with one attached hydrogen (secondary N) is 1. The van der Waals surface area contributed by atoms with E-state index in [9.17, 15) is 9.59 Å². The largest absolute Gasteiger partial charge is 0.466 e. The molecular formula is C12H23NO4S2. The summed E-state index contributed by atoms with van der Waals surface area (Å²) in [7, 11) is 6.85. The zero-order valence-electron chi connectivity index (χ0n) is 11.6. The summed E-state index contributed by atoms with van der Waals surface area (Å²) in [5.41, 5.74) is 0. The maximum Gasteiger partial charge on any atom is 0.306 e. The lowest BCUT2D eigenvalue weighted by atomic mass is 10.3. The molecule has 0 aliphatic carbocycles. The Kier molecular flexibility index (Phi) is 13.7. The summed E-state index contributed by atoms with van der Waals surface area (Å²) in [5.74, 6) is 1.59. The van der Waals surface area contributed by atoms with Crippen LogP contribution >= 0.6 is 21.6 Å². The van der Waals surface area contributed by atoms with Gasteiger partial charge in [0.1, 0.15) is 0 Å². The predicted octanol–water partition coefficient (Wildman–Crippen LogP) is 1.86. The fourth-order valence-electron chi connectivity index (χ4n) is 1.10. The van der Waals surface area contributed by atoms with Gasteiger partial charge in [0.2, 0.25) is 5.91 Å². The van der Waals surface area contributed by atoms with Crippen LogP contribution in [0.5, 0.6) is 0 Å². The molecule has 0 radical (unpaired) electrons. The molecule has 0 atom stereocenters. The van der Waals surface area contributed by atoms with E-state index in [1.807, 2.05) is 10.8 Å². The molecule has 0 bridgehead atoms. The van der Waals surface area contributed by atoms with E-state index in [-0.39, 0.29) is 24.7 Å². The highest BCUT2D eigenvalue weighted by Crippen LogP contribution is 2.22. The van der Waals surface area contributed by atoms with Gasteiger partial charge >= 0.3 is 5.97 Å². The average molecular weight is 309 g/mol. The lowest BCUT2D eigenvalue weighted by Gasteiger charge is -2.04. The lowest BCUT2D eigenvalue weighted by molar-refractivity contribution is -0.144. The first-order chi connectivity index (χ1) is 9.20. The van der Waals surface area contributed by atoms with Crippen LogP contribution in [-0.2, 0) is 19.1 Å². The molecule has 0 unspecified atom stereocenters. The molecule has 0 aromatic rings. The van der Waals surface area contributed by atoms with Gasteiger partial charge in [0, 0.05) is 38.7 Å². The Balaban J connectivity index is 3.21. The van der Waals surface area contributed by atoms with Gasteiger partial charge in [-0.3, -0.25) is 9.59 Å². The van der Waals surface area contributed by atoms with Gasteiger partial charge < -0.3 is 14.8 Å². The van der Waals surface area contributed by atoms with Crippen LogP contribution in [-0.4, -0.2) is 50.8 Å². The van der Waals surface area contributed by atoms with Crippen molar-refractivity contribution in [2.45, 2.75) is 25.7 Å². The molecule has 112 valence electrons. The molecule has 0 spiro atoms. The summed E-state index contributed by atoms with van der Waals surface area (Å²) in [5, 5.41) is 2.46. The second kappa shape index (κ2) is 14.0. The normalized spacial score (nSPS) is 10.2. The Morgan fingerprint density at radius 2 is 1.68 bits per heavy atom. The van der Waals surface area contributed by atoms with E-state index in [1.165, 1.54) is 0 Å². The van der Waals surface area contributed by atoms with Crippen molar-refractivity contribution in [1.29, 1.82) is 0 Å². The van der Waals surface area contributed by atoms with Crippen molar-refractivity contribution in [2.24, 2.45) is 0 Å². The molecule has 0 aromatic carbocycles. The second-order valence-electron chi connectivity index (χ2n) is 3.74. The molecule has 0 aliphatic rings. The summed E-state index contributed by atoms with van der Waals surface area (Å²) in [6, 6.07) is 0. The molecule has 0 aromatic heterocycles. The van der Waals surface area contributed by atoms with Crippen LogP contribution in [0.25, 0.3) is 0 Å². The number of amides is 1. The zero-order valence-corrected chi connectivity index (χ0v) is 13.2. The maximum atomic E-state index is 11.2. The average Bonchev–Trinajstić information content (AvgIpc) is 2.42. The van der Waals surface area contributed by atoms with Crippen molar-refractivity contribution in [3.63, 3.8) is 0 Å². The van der Waals surface area contributed by atoms with Crippen LogP contribution in [0.2, 0.25) is 0 Å². The number of methoxy groups -OCH3 is 1. The van der Waals surface area contributed by atoms with Crippen molar-refractivity contribution < 1.29 is 19.1 Å². The van der Waals surface area contributed by atoms with Crippen molar-refractivity contribution >= 4 is 33.5 Å². The smallest absolute Gasteiger partial charge is 0.306 e. The third-order valence-electron chi connectivity index (χ3n) is 2.13. The van der Waals surface area contributed by atoms with Gasteiger partial charge in [-0.25, -0.2) is 0 Å². The molecule has 1 N–H and O–H groups in total. The number of esters is 1. The van der Waals surface area contributed by atoms with Crippen LogP contribution < -0.4 is 5.32 Å². The quantitative estimate of drug-likeness (QED) is 0.337. The van der Waals surface area contributed by atoms with Crippen LogP contribution in [0, 0.1) is 0 Å². The molecule has 19 heavy (non-hydrogen) atoms. The molecule has 0 aliphatic heterocycles. The minimum Gasteiger partial charge on any atom is -0.466 e. The fourth-order valence-corrected chi connectivity index (χ4v) is 3.22. The number of carbonyl (C=O) groups is 2. The molecular weight excluding hydrogens is 286 g/mol. The maximum absolute atomic E-state index is 11.2. The van der Waals surface area contributed by atoms with Crippen molar-refractivity contribution in [2.75, 3.05) is 38.9 Å². The van der Waals surface area contributed by atoms with Gasteiger partial charge in [-0.05, 0) is 12.8 Å². The third-order valence-corrected chi connectivity index (χ3v) is 4.71. The highest BCUT2D eigenvalue weighted by atomic mass is 33.1. The predicted molar refractivity (Wildman–Crippen MR) is 80.3 cm³/mol. The third kappa shape index (κ3) is 13.8. The molecule has 0 saturated heterocycles. The molecule has 0 heterocycles. The summed E-state index contributed by atoms with van der Waals surface area (Å²) >= 11 is 0. The molecule has 1 amide bonds. The zero-order chi connectivity index (χ0) is 14.3. The number of hydrogen-bond acceptors (Lipinski definition) is 6. The number of rotatable bonds is 12. The van der Waals surface area contributed by atoms with E-state index in [1.54, 1.807) is 25.0 Å². The molecule has 0 rings (SSSR count). The topological polar surface area (TPSA) is 64.6 Å². The van der Waals surface area contributed by atoms with Crippen molar-refractivity contribution in [3.8, 4) is 0 Å². The highest BCUT2D eigenvalue weighted by Gasteiger charge is 2.06. The van der Waals surface area contributed by atoms with Crippen molar-refractivity contribution in [1.82, 2.24) is 5.32 Å². The Bertz CT molecular complexity index is 252. The first-order valence-electron chi connectivity index (χ1n) is 6.30. The van der Waals surface area contributed by atoms with E-state index in [4.69, 9.17) is 9.47 Å². The van der Waals surface area contributed by atoms with Gasteiger partial charge in [0.25, 0.3) is 0 Å². The minimum absolute atomic E-state index is 0.139. The second-order valence-corrected chi connectivity index (χ2v) is 6.44. The first-order valence-corrected chi connectivity index (χ1v) is 8.79. The van der Waals surface area contributed by atoms with Gasteiger partial charge in [0.15, 0.2) is 0 Å². The minimum atomic E-state index is -0.304. The van der Waals surface area contributed by atoms with Crippen LogP contribution in [0.3, 0.4) is 0 Å². The number of hydrogen-bond donors (Lipinski definition) is 1. The van der Waals surface area contributed by atoms with Gasteiger partial charge in [-0.15, -0.1) is 0 Å². The van der Waals surface area contributed by atoms with Gasteiger partial charge in [0.05, 0.1) is 13.0 Å². The van der Waals surface area contributed by atoms with Gasteiger partial charge in [-0.2, -0.15) is 0 Å². The van der Waals surface area contributed by atoms with E-state index in [2.05, 4.69) is 5.32 Å². The van der Waals surface area contributed by atoms with Crippen LogP contribution in [0.4, 0.5) is 0 Å². The Morgan fingerprint density at radius 1 is 1.05 bits per heavy atom. The Morgan fingerprint density at radius 3 is 2.26 bits per heavy atom. The fraction of sp³-hybridized carbons (Fsp3) is 0.833. The van der Waals surface area contributed by atoms with E-state index in [0.29, 0.717) is 6.61 Å². The standard InChI is InChI=1S/C12H23NO4S2/c1-13-11(14)5-6-12(15)17-8-4-10-19-18-9-3-7-16-2/h3-10H2,1-2H3,(H,13,14). The van der Waals surface area contributed by atoms with E-state index >= 15 is 0 Å². The van der Waals surface area contributed by atoms with Crippen LogP contribution in [0.15, 0.2) is 0 Å². The summed E-state index contributed by atoms with van der Waals surface area (Å²) in [6.45, 7) is 1.23. The molecule has 5 nitrogen and oxygen atoms in total. The molecule has 0 saturated carbocycles. The SMILES string of the molecule is CNC(=O)CCC(=O)OCCCSSCCCOC. The summed E-state index contributed by atoms with van der Waals surface area (Å²) in [6.07, 6.45) is 2.24. The van der Waals surface area contributed by atoms with Crippen molar-refractivity contribution in [3.05, 3.63) is 0 Å². The lowest BCUT2D eigenvalue weighted by Crippen LogP contribution is -2.19. The Labute approximate surface area is 122 Å². The molecule has 0 fully saturated rings. The van der Waals surface area contributed by atoms with Gasteiger partial charge in [-0.1, -0.05) is 21.6 Å². The van der Waals surface area contributed by atoms with E-state index < -0.39 is 0 Å². The summed E-state index contributed by atoms with van der Waals surface area (Å²) < 4.78 is 9.97. The highest BCUT2D eigenvalue weighted by molar-refractivity contribution is 8.76. The van der Waals surface area contributed by atoms with Crippen LogP contribution in [0.1, 0.15) is 25.7 Å². The number of ether oxygens (including phenoxy) is 2. The monoisotopic (exact) mass is 309 g/mol.